The summed E-state index contributed by atoms with van der Waals surface area (Å²) in [6.45, 7) is 11.0. The van der Waals surface area contributed by atoms with Crippen LogP contribution in [0, 0.1) is 11.6 Å². The number of ether oxygens (including phenoxy) is 1. The average molecular weight is 499 g/mol. The molecular formula is C26H32F2N6O2. The van der Waals surface area contributed by atoms with Gasteiger partial charge in [0, 0.05) is 51.0 Å². The van der Waals surface area contributed by atoms with Crippen molar-refractivity contribution in [3.05, 3.63) is 42.4 Å². The summed E-state index contributed by atoms with van der Waals surface area (Å²) in [7, 11) is 0. The van der Waals surface area contributed by atoms with Gasteiger partial charge in [-0.05, 0) is 52.7 Å². The van der Waals surface area contributed by atoms with Gasteiger partial charge in [-0.3, -0.25) is 4.57 Å². The highest BCUT2D eigenvalue weighted by Crippen LogP contribution is 2.38. The van der Waals surface area contributed by atoms with E-state index in [4.69, 9.17) is 4.74 Å². The van der Waals surface area contributed by atoms with Crippen molar-refractivity contribution in [2.24, 2.45) is 0 Å². The third-order valence-electron chi connectivity index (χ3n) is 6.67. The third kappa shape index (κ3) is 4.68. The van der Waals surface area contributed by atoms with Crippen LogP contribution in [0.1, 0.15) is 40.5 Å². The molecule has 4 heterocycles. The molecule has 2 aliphatic rings. The van der Waals surface area contributed by atoms with Gasteiger partial charge in [-0.15, -0.1) is 0 Å². The number of nitrogens with zero attached hydrogens (tertiary/aromatic N) is 6. The molecule has 3 aromatic rings. The Bertz CT molecular complexity index is 1260. The maximum Gasteiger partial charge on any atom is 0.410 e. The smallest absolute Gasteiger partial charge is 0.410 e. The molecule has 1 atom stereocenters. The lowest BCUT2D eigenvalue weighted by atomic mass is 10.1. The van der Waals surface area contributed by atoms with Gasteiger partial charge in [0.25, 0.3) is 0 Å². The first-order valence-electron chi connectivity index (χ1n) is 12.4. The van der Waals surface area contributed by atoms with E-state index < -0.39 is 17.2 Å². The molecular weight excluding hydrogens is 466 g/mol. The predicted molar refractivity (Wildman–Crippen MR) is 135 cm³/mol. The van der Waals surface area contributed by atoms with Crippen LogP contribution < -0.4 is 9.80 Å². The van der Waals surface area contributed by atoms with E-state index in [0.717, 1.165) is 48.9 Å². The van der Waals surface area contributed by atoms with E-state index in [9.17, 15) is 13.6 Å². The van der Waals surface area contributed by atoms with Gasteiger partial charge in [-0.2, -0.15) is 0 Å². The number of anilines is 2. The molecule has 0 aliphatic carbocycles. The lowest BCUT2D eigenvalue weighted by Crippen LogP contribution is -2.55. The Balaban J connectivity index is 1.54. The summed E-state index contributed by atoms with van der Waals surface area (Å²) < 4.78 is 35.5. The quantitative estimate of drug-likeness (QED) is 0.520. The van der Waals surface area contributed by atoms with Gasteiger partial charge >= 0.3 is 6.09 Å². The van der Waals surface area contributed by atoms with Gasteiger partial charge < -0.3 is 19.4 Å². The number of aromatic nitrogens is 3. The minimum absolute atomic E-state index is 0.0896. The van der Waals surface area contributed by atoms with Crippen LogP contribution in [-0.4, -0.2) is 69.9 Å². The highest BCUT2D eigenvalue weighted by atomic mass is 19.1. The van der Waals surface area contributed by atoms with E-state index in [1.54, 1.807) is 9.47 Å². The fourth-order valence-corrected chi connectivity index (χ4v) is 5.08. The number of piperazine rings is 1. The summed E-state index contributed by atoms with van der Waals surface area (Å²) in [5.74, 6) is -0.528. The second-order valence-corrected chi connectivity index (χ2v) is 10.6. The lowest BCUT2D eigenvalue weighted by Gasteiger charge is -2.41. The molecule has 2 fully saturated rings. The SMILES string of the molecule is C[C@@H]1CN(c2ncnc3c2c(N2CCCC2)cn3-c2cc(F)cc(F)c2)CCN1C(=O)OC(C)(C)C. The van der Waals surface area contributed by atoms with Crippen LogP contribution in [0.4, 0.5) is 25.1 Å². The molecule has 36 heavy (non-hydrogen) atoms. The Hall–Kier alpha value is -3.43. The molecule has 0 spiro atoms. The van der Waals surface area contributed by atoms with Crippen molar-refractivity contribution < 1.29 is 18.3 Å². The van der Waals surface area contributed by atoms with E-state index in [1.165, 1.54) is 18.5 Å². The fraction of sp³-hybridized carbons (Fsp3) is 0.500. The summed E-state index contributed by atoms with van der Waals surface area (Å²) in [5.41, 5.74) is 1.35. The predicted octanol–water partition coefficient (Wildman–Crippen LogP) is 4.74. The van der Waals surface area contributed by atoms with Crippen LogP contribution in [0.3, 0.4) is 0 Å². The number of carbonyl (C=O) groups is 1. The van der Waals surface area contributed by atoms with Gasteiger partial charge in [0.1, 0.15) is 29.4 Å². The Morgan fingerprint density at radius 3 is 2.33 bits per heavy atom. The number of fused-ring (bicyclic) bond motifs is 1. The number of hydrogen-bond acceptors (Lipinski definition) is 6. The van der Waals surface area contributed by atoms with E-state index in [2.05, 4.69) is 19.8 Å². The molecule has 0 saturated carbocycles. The minimum atomic E-state index is -0.643. The van der Waals surface area contributed by atoms with Crippen molar-refractivity contribution in [1.82, 2.24) is 19.4 Å². The van der Waals surface area contributed by atoms with Crippen LogP contribution in [0.2, 0.25) is 0 Å². The first kappa shape index (κ1) is 24.3. The highest BCUT2D eigenvalue weighted by Gasteiger charge is 2.33. The van der Waals surface area contributed by atoms with E-state index in [0.29, 0.717) is 31.0 Å². The maximum absolute atomic E-state index is 14.1. The average Bonchev–Trinajstić information content (AvgIpc) is 3.45. The summed E-state index contributed by atoms with van der Waals surface area (Å²) in [4.78, 5) is 28.1. The molecule has 0 N–H and O–H groups in total. The second-order valence-electron chi connectivity index (χ2n) is 10.6. The summed E-state index contributed by atoms with van der Waals surface area (Å²) in [6, 6.07) is 3.38. The topological polar surface area (TPSA) is 66.7 Å². The third-order valence-corrected chi connectivity index (χ3v) is 6.67. The standard InChI is InChI=1S/C26H32F2N6O2/c1-17-14-32(9-10-33(17)25(35)36-26(2,3)4)23-22-21(31-7-5-6-8-31)15-34(24(22)30-16-29-23)20-12-18(27)11-19(28)13-20/h11-13,15-17H,5-10,14H2,1-4H3/t17-/m1/s1. The molecule has 0 radical (unpaired) electrons. The maximum atomic E-state index is 14.1. The van der Waals surface area contributed by atoms with Crippen LogP contribution >= 0.6 is 0 Å². The number of benzene rings is 1. The van der Waals surface area contributed by atoms with E-state index in [1.807, 2.05) is 33.9 Å². The molecule has 0 unspecified atom stereocenters. The zero-order valence-electron chi connectivity index (χ0n) is 21.2. The zero-order valence-corrected chi connectivity index (χ0v) is 21.2. The minimum Gasteiger partial charge on any atom is -0.444 e. The molecule has 192 valence electrons. The molecule has 10 heteroatoms. The first-order valence-corrected chi connectivity index (χ1v) is 12.4. The number of halogens is 2. The fourth-order valence-electron chi connectivity index (χ4n) is 5.08. The Morgan fingerprint density at radius 2 is 1.69 bits per heavy atom. The first-order chi connectivity index (χ1) is 17.1. The molecule has 5 rings (SSSR count). The summed E-state index contributed by atoms with van der Waals surface area (Å²) >= 11 is 0. The van der Waals surface area contributed by atoms with Crippen LogP contribution in [0.5, 0.6) is 0 Å². The van der Waals surface area contributed by atoms with Gasteiger partial charge in [0.05, 0.1) is 16.8 Å². The van der Waals surface area contributed by atoms with E-state index >= 15 is 0 Å². The summed E-state index contributed by atoms with van der Waals surface area (Å²) in [5, 5.41) is 0.849. The second kappa shape index (κ2) is 9.22. The normalized spacial score (nSPS) is 18.8. The van der Waals surface area contributed by atoms with Gasteiger partial charge in [0.2, 0.25) is 0 Å². The van der Waals surface area contributed by atoms with Crippen molar-refractivity contribution in [1.29, 1.82) is 0 Å². The molecule has 1 amide bonds. The van der Waals surface area contributed by atoms with Crippen molar-refractivity contribution in [3.8, 4) is 5.69 Å². The molecule has 2 aromatic heterocycles. The Kier molecular flexibility index (Phi) is 6.22. The van der Waals surface area contributed by atoms with Crippen LogP contribution in [0.25, 0.3) is 16.7 Å². The summed E-state index contributed by atoms with van der Waals surface area (Å²) in [6.07, 6.45) is 5.23. The molecule has 2 aliphatic heterocycles. The number of amides is 1. The van der Waals surface area contributed by atoms with E-state index in [-0.39, 0.29) is 12.1 Å². The highest BCUT2D eigenvalue weighted by molar-refractivity contribution is 6.00. The van der Waals surface area contributed by atoms with Gasteiger partial charge in [0.15, 0.2) is 5.65 Å². The van der Waals surface area contributed by atoms with Crippen molar-refractivity contribution in [2.45, 2.75) is 52.2 Å². The monoisotopic (exact) mass is 498 g/mol. The Labute approximate surface area is 209 Å². The van der Waals surface area contributed by atoms with Crippen molar-refractivity contribution in [2.75, 3.05) is 42.5 Å². The molecule has 2 saturated heterocycles. The Morgan fingerprint density at radius 1 is 1.00 bits per heavy atom. The number of carbonyl (C=O) groups excluding carboxylic acids is 1. The van der Waals surface area contributed by atoms with Crippen molar-refractivity contribution >= 4 is 28.6 Å². The van der Waals surface area contributed by atoms with Crippen LogP contribution in [-0.2, 0) is 4.74 Å². The molecule has 1 aromatic carbocycles. The molecule has 8 nitrogen and oxygen atoms in total. The van der Waals surface area contributed by atoms with Gasteiger partial charge in [-0.25, -0.2) is 23.5 Å². The van der Waals surface area contributed by atoms with Crippen molar-refractivity contribution in [3.63, 3.8) is 0 Å². The molecule has 0 bridgehead atoms. The number of hydrogen-bond donors (Lipinski definition) is 0. The zero-order chi connectivity index (χ0) is 25.6. The van der Waals surface area contributed by atoms with Gasteiger partial charge in [-0.1, -0.05) is 0 Å². The van der Waals surface area contributed by atoms with Crippen LogP contribution in [0.15, 0.2) is 30.7 Å². The number of rotatable bonds is 3. The largest absolute Gasteiger partial charge is 0.444 e. The lowest BCUT2D eigenvalue weighted by molar-refractivity contribution is 0.0159.